The number of furan rings is 1. The third-order valence-corrected chi connectivity index (χ3v) is 8.37. The third-order valence-electron chi connectivity index (χ3n) is 7.52. The van der Waals surface area contributed by atoms with E-state index in [0.29, 0.717) is 30.1 Å². The molecule has 0 saturated heterocycles. The van der Waals surface area contributed by atoms with E-state index in [4.69, 9.17) is 9.40 Å². The number of hydrogen-bond acceptors (Lipinski definition) is 4. The smallest absolute Gasteiger partial charge is 0.294 e. The number of hydrogen-bond donors (Lipinski definition) is 1. The highest BCUT2D eigenvalue weighted by molar-refractivity contribution is 7.85. The monoisotopic (exact) mass is 573 g/mol. The van der Waals surface area contributed by atoms with Gasteiger partial charge in [0, 0.05) is 18.5 Å². The number of aromatic nitrogens is 3. The lowest BCUT2D eigenvalue weighted by Crippen LogP contribution is -2.03. The Balaban J connectivity index is 1.38. The molecule has 0 radical (unpaired) electrons. The Morgan fingerprint density at radius 1 is 0.714 bits per heavy atom. The lowest BCUT2D eigenvalue weighted by Gasteiger charge is -2.11. The number of nitrogens with zero attached hydrogens (tertiary/aromatic N) is 3. The van der Waals surface area contributed by atoms with E-state index < -0.39 is 10.1 Å². The Morgan fingerprint density at radius 3 is 2.07 bits per heavy atom. The fourth-order valence-corrected chi connectivity index (χ4v) is 5.98. The molecule has 3 aromatic heterocycles. The van der Waals surface area contributed by atoms with Crippen molar-refractivity contribution in [1.82, 2.24) is 14.1 Å². The molecule has 42 heavy (non-hydrogen) atoms. The van der Waals surface area contributed by atoms with Gasteiger partial charge in [0.1, 0.15) is 0 Å². The van der Waals surface area contributed by atoms with Gasteiger partial charge in [-0.3, -0.25) is 4.55 Å². The second kappa shape index (κ2) is 10.2. The molecule has 0 aliphatic heterocycles. The van der Waals surface area contributed by atoms with E-state index >= 15 is 0 Å². The largest absolute Gasteiger partial charge is 0.451 e. The predicted octanol–water partition coefficient (Wildman–Crippen LogP) is 7.57. The lowest BCUT2D eigenvalue weighted by molar-refractivity contribution is 0.483. The molecule has 4 aromatic carbocycles. The van der Waals surface area contributed by atoms with Crippen molar-refractivity contribution in [2.45, 2.75) is 24.9 Å². The van der Waals surface area contributed by atoms with Crippen molar-refractivity contribution in [3.63, 3.8) is 0 Å². The number of aryl methyl sites for hydroxylation is 1. The van der Waals surface area contributed by atoms with Crippen LogP contribution in [0.5, 0.6) is 0 Å². The highest BCUT2D eigenvalue weighted by atomic mass is 32.2. The summed E-state index contributed by atoms with van der Waals surface area (Å²) in [4.78, 5) is 4.81. The van der Waals surface area contributed by atoms with E-state index in [2.05, 4.69) is 35.8 Å². The molecule has 0 amide bonds. The van der Waals surface area contributed by atoms with E-state index in [1.807, 2.05) is 77.4 Å². The van der Waals surface area contributed by atoms with E-state index in [0.717, 1.165) is 44.6 Å². The molecule has 0 bridgehead atoms. The molecule has 7 rings (SSSR count). The minimum absolute atomic E-state index is 0.154. The van der Waals surface area contributed by atoms with Gasteiger partial charge in [0.15, 0.2) is 17.3 Å². The van der Waals surface area contributed by atoms with Crippen LogP contribution in [0, 0.1) is 6.92 Å². The Kier molecular flexibility index (Phi) is 6.30. The van der Waals surface area contributed by atoms with Gasteiger partial charge in [0.2, 0.25) is 0 Å². The summed E-state index contributed by atoms with van der Waals surface area (Å²) in [6.07, 6.45) is 0. The Labute approximate surface area is 243 Å². The summed E-state index contributed by atoms with van der Waals surface area (Å²) in [5, 5.41) is 0.832. The van der Waals surface area contributed by atoms with Crippen LogP contribution in [-0.2, 0) is 23.2 Å². The van der Waals surface area contributed by atoms with Crippen molar-refractivity contribution in [2.24, 2.45) is 0 Å². The van der Waals surface area contributed by atoms with Crippen LogP contribution >= 0.6 is 0 Å². The summed E-state index contributed by atoms with van der Waals surface area (Å²) >= 11 is 0. The van der Waals surface area contributed by atoms with E-state index in [-0.39, 0.29) is 4.90 Å². The molecule has 0 unspecified atom stereocenters. The van der Waals surface area contributed by atoms with Crippen LogP contribution in [0.4, 0.5) is 0 Å². The zero-order valence-corrected chi connectivity index (χ0v) is 23.6. The van der Waals surface area contributed by atoms with Crippen molar-refractivity contribution in [2.75, 3.05) is 0 Å². The van der Waals surface area contributed by atoms with Crippen LogP contribution in [-0.4, -0.2) is 27.1 Å². The van der Waals surface area contributed by atoms with Gasteiger partial charge in [-0.15, -0.1) is 0 Å². The number of imidazole rings is 1. The van der Waals surface area contributed by atoms with Crippen molar-refractivity contribution in [3.05, 3.63) is 132 Å². The Morgan fingerprint density at radius 2 is 1.38 bits per heavy atom. The van der Waals surface area contributed by atoms with Gasteiger partial charge < -0.3 is 13.6 Å². The van der Waals surface area contributed by atoms with Gasteiger partial charge in [-0.05, 0) is 66.1 Å². The van der Waals surface area contributed by atoms with Crippen molar-refractivity contribution in [3.8, 4) is 23.0 Å². The molecule has 208 valence electrons. The molecule has 0 aliphatic carbocycles. The summed E-state index contributed by atoms with van der Waals surface area (Å²) < 4.78 is 44.4. The fraction of sp³-hybridized carbons (Fsp3) is 0.0882. The first-order chi connectivity index (χ1) is 20.3. The molecule has 7 nitrogen and oxygen atoms in total. The zero-order chi connectivity index (χ0) is 28.8. The highest BCUT2D eigenvalue weighted by Gasteiger charge is 2.21. The van der Waals surface area contributed by atoms with Crippen LogP contribution in [0.3, 0.4) is 0 Å². The Hall–Kier alpha value is -4.92. The number of fused-ring (bicyclic) bond motifs is 2. The lowest BCUT2D eigenvalue weighted by atomic mass is 10.2. The second-order valence-electron chi connectivity index (χ2n) is 10.5. The average Bonchev–Trinajstić information content (AvgIpc) is 3.70. The SMILES string of the molecule is Cc1ccc2nc(-c3ccc(-c4cc5ccc(S(=O)(=O)O)cc5n4Cc4ccccc4)o3)n(Cc3ccccc3)c2c1. The van der Waals surface area contributed by atoms with Crippen LogP contribution < -0.4 is 0 Å². The maximum Gasteiger partial charge on any atom is 0.294 e. The molecule has 0 aliphatic rings. The van der Waals surface area contributed by atoms with Gasteiger partial charge in [0.25, 0.3) is 10.1 Å². The fourth-order valence-electron chi connectivity index (χ4n) is 5.48. The zero-order valence-electron chi connectivity index (χ0n) is 22.8. The first-order valence-electron chi connectivity index (χ1n) is 13.6. The molecule has 0 atom stereocenters. The van der Waals surface area contributed by atoms with Crippen molar-refractivity contribution >= 4 is 32.1 Å². The van der Waals surface area contributed by atoms with Crippen LogP contribution in [0.1, 0.15) is 16.7 Å². The van der Waals surface area contributed by atoms with E-state index in [1.165, 1.54) is 12.1 Å². The molecule has 1 N–H and O–H groups in total. The molecule has 3 heterocycles. The Bertz CT molecular complexity index is 2180. The number of benzene rings is 4. The first-order valence-corrected chi connectivity index (χ1v) is 15.0. The van der Waals surface area contributed by atoms with Gasteiger partial charge in [-0.25, -0.2) is 4.98 Å². The standard InChI is InChI=1S/C34H27N3O4S/c1-23-12-15-28-30(18-23)37(22-25-10-6-3-7-11-25)34(35-28)33-17-16-32(41-33)31-19-26-13-14-27(42(38,39)40)20-29(26)36(31)21-24-8-4-2-5-9-24/h2-20H,21-22H2,1H3,(H,38,39,40). The minimum atomic E-state index is -4.37. The van der Waals surface area contributed by atoms with E-state index in [9.17, 15) is 13.0 Å². The maximum absolute atomic E-state index is 12.0. The molecule has 7 aromatic rings. The average molecular weight is 574 g/mol. The van der Waals surface area contributed by atoms with Crippen LogP contribution in [0.2, 0.25) is 0 Å². The van der Waals surface area contributed by atoms with Crippen molar-refractivity contribution < 1.29 is 17.4 Å². The number of rotatable bonds is 7. The summed E-state index contributed by atoms with van der Waals surface area (Å²) in [5.74, 6) is 1.98. The topological polar surface area (TPSA) is 90.3 Å². The molecule has 8 heteroatoms. The summed E-state index contributed by atoms with van der Waals surface area (Å²) in [7, 11) is -4.37. The second-order valence-corrected chi connectivity index (χ2v) is 11.9. The quantitative estimate of drug-likeness (QED) is 0.199. The summed E-state index contributed by atoms with van der Waals surface area (Å²) in [6.45, 7) is 3.19. The third kappa shape index (κ3) is 4.81. The highest BCUT2D eigenvalue weighted by Crippen LogP contribution is 2.35. The summed E-state index contributed by atoms with van der Waals surface area (Å²) in [5.41, 5.74) is 6.73. The van der Waals surface area contributed by atoms with Gasteiger partial charge in [0.05, 0.1) is 27.1 Å². The van der Waals surface area contributed by atoms with Crippen LogP contribution in [0.15, 0.2) is 125 Å². The molecule has 0 saturated carbocycles. The first kappa shape index (κ1) is 26.0. The predicted molar refractivity (Wildman–Crippen MR) is 164 cm³/mol. The van der Waals surface area contributed by atoms with Gasteiger partial charge >= 0.3 is 0 Å². The maximum atomic E-state index is 12.0. The van der Waals surface area contributed by atoms with Crippen LogP contribution in [0.25, 0.3) is 45.0 Å². The molecule has 0 fully saturated rings. The van der Waals surface area contributed by atoms with E-state index in [1.54, 1.807) is 6.07 Å². The molecule has 0 spiro atoms. The van der Waals surface area contributed by atoms with Gasteiger partial charge in [-0.2, -0.15) is 8.42 Å². The summed E-state index contributed by atoms with van der Waals surface area (Å²) in [6, 6.07) is 36.9. The molecular formula is C34H27N3O4S. The van der Waals surface area contributed by atoms with Gasteiger partial charge in [-0.1, -0.05) is 72.8 Å². The van der Waals surface area contributed by atoms with Crippen molar-refractivity contribution in [1.29, 1.82) is 0 Å². The molecular weight excluding hydrogens is 546 g/mol. The minimum Gasteiger partial charge on any atom is -0.451 e. The normalized spacial score (nSPS) is 12.0.